The van der Waals surface area contributed by atoms with Gasteiger partial charge >= 0.3 is 0 Å². The fourth-order valence-corrected chi connectivity index (χ4v) is 1.83. The molecule has 0 aliphatic heterocycles. The Kier molecular flexibility index (Phi) is 4.25. The lowest BCUT2D eigenvalue weighted by Crippen LogP contribution is -2.09. The van der Waals surface area contributed by atoms with Crippen LogP contribution in [-0.2, 0) is 11.3 Å². The van der Waals surface area contributed by atoms with Gasteiger partial charge in [-0.3, -0.25) is 4.79 Å². The Hall–Kier alpha value is -1.95. The van der Waals surface area contributed by atoms with Crippen molar-refractivity contribution in [2.75, 3.05) is 10.6 Å². The number of rotatable bonds is 5. The van der Waals surface area contributed by atoms with Crippen LogP contribution in [0, 0.1) is 0 Å². The zero-order valence-corrected chi connectivity index (χ0v) is 10.8. The van der Waals surface area contributed by atoms with Gasteiger partial charge in [-0.05, 0) is 35.8 Å². The second-order valence-corrected chi connectivity index (χ2v) is 4.34. The highest BCUT2D eigenvalue weighted by molar-refractivity contribution is 7.03. The second-order valence-electron chi connectivity index (χ2n) is 3.73. The van der Waals surface area contributed by atoms with Crippen molar-refractivity contribution in [2.45, 2.75) is 19.9 Å². The Morgan fingerprint density at radius 2 is 2.00 bits per heavy atom. The molecule has 2 aromatic rings. The third-order valence-corrected chi connectivity index (χ3v) is 2.92. The molecule has 0 radical (unpaired) electrons. The second kappa shape index (κ2) is 6.11. The van der Waals surface area contributed by atoms with E-state index in [0.717, 1.165) is 17.1 Å². The van der Waals surface area contributed by atoms with E-state index >= 15 is 0 Å². The Morgan fingerprint density at radius 3 is 2.61 bits per heavy atom. The van der Waals surface area contributed by atoms with Gasteiger partial charge in [0.1, 0.15) is 0 Å². The first kappa shape index (κ1) is 12.5. The minimum Gasteiger partial charge on any atom is -0.379 e. The largest absolute Gasteiger partial charge is 0.379 e. The van der Waals surface area contributed by atoms with Crippen molar-refractivity contribution in [3.63, 3.8) is 0 Å². The van der Waals surface area contributed by atoms with Gasteiger partial charge in [0.2, 0.25) is 5.91 Å². The highest BCUT2D eigenvalue weighted by Crippen LogP contribution is 2.14. The van der Waals surface area contributed by atoms with E-state index in [-0.39, 0.29) is 5.91 Å². The fraction of sp³-hybridized carbons (Fsp3) is 0.250. The van der Waals surface area contributed by atoms with Crippen molar-refractivity contribution < 1.29 is 4.79 Å². The third kappa shape index (κ3) is 3.53. The molecule has 0 bridgehead atoms. The molecule has 1 amide bonds. The molecular weight excluding hydrogens is 248 g/mol. The summed E-state index contributed by atoms with van der Waals surface area (Å²) in [6.07, 6.45) is 0.483. The first-order valence-electron chi connectivity index (χ1n) is 5.67. The zero-order valence-electron chi connectivity index (χ0n) is 10.0. The van der Waals surface area contributed by atoms with Gasteiger partial charge in [0.05, 0.1) is 12.2 Å². The summed E-state index contributed by atoms with van der Waals surface area (Å²) in [5, 5.41) is 11.9. The van der Waals surface area contributed by atoms with Crippen LogP contribution in [0.2, 0.25) is 0 Å². The zero-order chi connectivity index (χ0) is 12.8. The van der Waals surface area contributed by atoms with Crippen LogP contribution >= 0.6 is 11.5 Å². The van der Waals surface area contributed by atoms with Gasteiger partial charge < -0.3 is 10.6 Å². The Morgan fingerprint density at radius 1 is 1.28 bits per heavy atom. The summed E-state index contributed by atoms with van der Waals surface area (Å²) < 4.78 is 3.79. The number of aromatic nitrogens is 2. The molecule has 0 atom stereocenters. The standard InChI is InChI=1S/C12H14N4OS/c1-2-12(17)14-10-5-3-9(4-6-10)13-7-11-8-18-16-15-11/h3-6,8,13H,2,7H2,1H3,(H,14,17). The van der Waals surface area contributed by atoms with Crippen molar-refractivity contribution >= 4 is 28.8 Å². The van der Waals surface area contributed by atoms with Crippen molar-refractivity contribution in [1.82, 2.24) is 9.59 Å². The molecule has 6 heteroatoms. The monoisotopic (exact) mass is 262 g/mol. The number of benzene rings is 1. The lowest BCUT2D eigenvalue weighted by atomic mass is 10.2. The van der Waals surface area contributed by atoms with Gasteiger partial charge in [-0.1, -0.05) is 11.4 Å². The molecule has 0 unspecified atom stereocenters. The highest BCUT2D eigenvalue weighted by atomic mass is 32.1. The van der Waals surface area contributed by atoms with Crippen molar-refractivity contribution in [2.24, 2.45) is 0 Å². The van der Waals surface area contributed by atoms with Gasteiger partial charge in [-0.2, -0.15) is 0 Å². The number of hydrogen-bond acceptors (Lipinski definition) is 5. The molecule has 0 spiro atoms. The molecule has 18 heavy (non-hydrogen) atoms. The molecule has 1 heterocycles. The lowest BCUT2D eigenvalue weighted by Gasteiger charge is -2.06. The first-order valence-corrected chi connectivity index (χ1v) is 6.51. The van der Waals surface area contributed by atoms with Crippen molar-refractivity contribution in [1.29, 1.82) is 0 Å². The van der Waals surface area contributed by atoms with Crippen LogP contribution in [-0.4, -0.2) is 15.5 Å². The maximum Gasteiger partial charge on any atom is 0.224 e. The first-order chi connectivity index (χ1) is 8.78. The van der Waals surface area contributed by atoms with Gasteiger partial charge in [-0.25, -0.2) is 0 Å². The van der Waals surface area contributed by atoms with Crippen molar-refractivity contribution in [3.8, 4) is 0 Å². The predicted molar refractivity (Wildman–Crippen MR) is 72.6 cm³/mol. The molecule has 2 N–H and O–H groups in total. The normalized spacial score (nSPS) is 10.1. The Bertz CT molecular complexity index is 495. The van der Waals surface area contributed by atoms with E-state index in [1.54, 1.807) is 0 Å². The number of amides is 1. The molecule has 0 saturated heterocycles. The van der Waals surface area contributed by atoms with E-state index in [1.165, 1.54) is 11.5 Å². The summed E-state index contributed by atoms with van der Waals surface area (Å²) in [6, 6.07) is 7.58. The summed E-state index contributed by atoms with van der Waals surface area (Å²) in [4.78, 5) is 11.2. The number of nitrogens with one attached hydrogen (secondary N) is 2. The summed E-state index contributed by atoms with van der Waals surface area (Å²) in [7, 11) is 0. The number of carbonyl (C=O) groups is 1. The van der Waals surface area contributed by atoms with Crippen LogP contribution in [0.25, 0.3) is 0 Å². The Labute approximate surface area is 109 Å². The molecule has 5 nitrogen and oxygen atoms in total. The predicted octanol–water partition coefficient (Wildman–Crippen LogP) is 2.50. The van der Waals surface area contributed by atoms with Gasteiger partial charge in [-0.15, -0.1) is 5.10 Å². The van der Waals surface area contributed by atoms with E-state index in [2.05, 4.69) is 20.2 Å². The molecule has 0 fully saturated rings. The third-order valence-electron chi connectivity index (χ3n) is 2.37. The van der Waals surface area contributed by atoms with E-state index < -0.39 is 0 Å². The molecule has 0 aliphatic rings. The quantitative estimate of drug-likeness (QED) is 0.868. The van der Waals surface area contributed by atoms with Crippen LogP contribution in [0.3, 0.4) is 0 Å². The van der Waals surface area contributed by atoms with E-state index in [0.29, 0.717) is 13.0 Å². The minimum atomic E-state index is 0.0178. The number of carbonyl (C=O) groups excluding carboxylic acids is 1. The van der Waals surface area contributed by atoms with E-state index in [4.69, 9.17) is 0 Å². The van der Waals surface area contributed by atoms with Crippen LogP contribution < -0.4 is 10.6 Å². The molecular formula is C12H14N4OS. The minimum absolute atomic E-state index is 0.0178. The van der Waals surface area contributed by atoms with Gasteiger partial charge in [0.25, 0.3) is 0 Å². The molecule has 0 aliphatic carbocycles. The lowest BCUT2D eigenvalue weighted by molar-refractivity contribution is -0.115. The molecule has 94 valence electrons. The van der Waals surface area contributed by atoms with E-state index in [9.17, 15) is 4.79 Å². The summed E-state index contributed by atoms with van der Waals surface area (Å²) in [5.41, 5.74) is 2.71. The summed E-state index contributed by atoms with van der Waals surface area (Å²) in [6.45, 7) is 2.48. The molecule has 0 saturated carbocycles. The number of nitrogens with zero attached hydrogens (tertiary/aromatic N) is 2. The van der Waals surface area contributed by atoms with Crippen molar-refractivity contribution in [3.05, 3.63) is 35.3 Å². The summed E-state index contributed by atoms with van der Waals surface area (Å²) in [5.74, 6) is 0.0178. The highest BCUT2D eigenvalue weighted by Gasteiger charge is 2.00. The fourth-order valence-electron chi connectivity index (χ4n) is 1.37. The smallest absolute Gasteiger partial charge is 0.224 e. The van der Waals surface area contributed by atoms with Crippen LogP contribution in [0.15, 0.2) is 29.6 Å². The van der Waals surface area contributed by atoms with Gasteiger partial charge in [0.15, 0.2) is 0 Å². The average Bonchev–Trinajstić information content (AvgIpc) is 2.91. The summed E-state index contributed by atoms with van der Waals surface area (Å²) >= 11 is 1.34. The Balaban J connectivity index is 1.89. The van der Waals surface area contributed by atoms with Crippen LogP contribution in [0.5, 0.6) is 0 Å². The SMILES string of the molecule is CCC(=O)Nc1ccc(NCc2csnn2)cc1. The number of hydrogen-bond donors (Lipinski definition) is 2. The maximum atomic E-state index is 11.2. The number of anilines is 2. The maximum absolute atomic E-state index is 11.2. The average molecular weight is 262 g/mol. The van der Waals surface area contributed by atoms with Crippen LogP contribution in [0.4, 0.5) is 11.4 Å². The molecule has 2 rings (SSSR count). The van der Waals surface area contributed by atoms with E-state index in [1.807, 2.05) is 36.6 Å². The molecule has 1 aromatic carbocycles. The topological polar surface area (TPSA) is 66.9 Å². The van der Waals surface area contributed by atoms with Crippen LogP contribution in [0.1, 0.15) is 19.0 Å². The van der Waals surface area contributed by atoms with Gasteiger partial charge in [0, 0.05) is 23.2 Å². The molecule has 1 aromatic heterocycles.